The first kappa shape index (κ1) is 9.32. The summed E-state index contributed by atoms with van der Waals surface area (Å²) >= 11 is 2.64. The zero-order valence-corrected chi connectivity index (χ0v) is 9.26. The maximum atomic E-state index is 3.98. The minimum atomic E-state index is 0.963. The van der Waals surface area contributed by atoms with Crippen LogP contribution in [0.15, 0.2) is 58.6 Å². The topological polar surface area (TPSA) is 12.4 Å². The Morgan fingerprint density at radius 2 is 1.29 bits per heavy atom. The molecule has 2 aromatic carbocycles. The monoisotopic (exact) mass is 247 g/mol. The molecule has 0 atom stereocenters. The summed E-state index contributed by atoms with van der Waals surface area (Å²) in [5.41, 5.74) is 3.42. The van der Waals surface area contributed by atoms with Gasteiger partial charge in [-0.05, 0) is 0 Å². The summed E-state index contributed by atoms with van der Waals surface area (Å²) in [6.07, 6.45) is 0. The fourth-order valence-electron chi connectivity index (χ4n) is 1.35. The van der Waals surface area contributed by atoms with Crippen LogP contribution in [0.3, 0.4) is 0 Å². The molecule has 0 N–H and O–H groups in total. The summed E-state index contributed by atoms with van der Waals surface area (Å²) in [6.45, 7) is 0. The van der Waals surface area contributed by atoms with E-state index in [0.717, 1.165) is 5.69 Å². The quantitative estimate of drug-likeness (QED) is 0.720. The molecule has 0 amide bonds. The van der Waals surface area contributed by atoms with E-state index in [-0.39, 0.29) is 0 Å². The van der Waals surface area contributed by atoms with Gasteiger partial charge < -0.3 is 0 Å². The van der Waals surface area contributed by atoms with E-state index in [0.29, 0.717) is 0 Å². The van der Waals surface area contributed by atoms with Gasteiger partial charge in [-0.25, -0.2) is 0 Å². The molecule has 2 aromatic rings. The second-order valence-corrected chi connectivity index (χ2v) is 3.39. The van der Waals surface area contributed by atoms with E-state index in [4.69, 9.17) is 0 Å². The van der Waals surface area contributed by atoms with Crippen LogP contribution in [0.1, 0.15) is 0 Å². The van der Waals surface area contributed by atoms with Gasteiger partial charge in [-0.2, -0.15) is 0 Å². The molecule has 14 heavy (non-hydrogen) atoms. The van der Waals surface area contributed by atoms with Gasteiger partial charge in [0.25, 0.3) is 0 Å². The van der Waals surface area contributed by atoms with Crippen molar-refractivity contribution in [2.45, 2.75) is 0 Å². The Balaban J connectivity index is 2.39. The van der Waals surface area contributed by atoms with E-state index in [1.807, 2.05) is 30.3 Å². The van der Waals surface area contributed by atoms with Crippen molar-refractivity contribution in [2.75, 3.05) is 0 Å². The van der Waals surface area contributed by atoms with Crippen LogP contribution in [-0.4, -0.2) is 15.8 Å². The summed E-state index contributed by atoms with van der Waals surface area (Å²) in [6, 6.07) is 18.5. The molecule has 0 bridgehead atoms. The van der Waals surface area contributed by atoms with Gasteiger partial charge in [0.05, 0.1) is 0 Å². The van der Waals surface area contributed by atoms with Crippen molar-refractivity contribution in [3.63, 3.8) is 0 Å². The molecular formula is C12H9NSe. The number of hydrogen-bond donors (Lipinski definition) is 0. The molecule has 0 aliphatic carbocycles. The van der Waals surface area contributed by atoms with E-state index < -0.39 is 0 Å². The number of hydrogen-bond acceptors (Lipinski definition) is 1. The normalized spacial score (nSPS) is 9.71. The number of nitrogens with zero attached hydrogens (tertiary/aromatic N) is 1. The van der Waals surface area contributed by atoms with Gasteiger partial charge in [-0.1, -0.05) is 0 Å². The molecule has 2 rings (SSSR count). The average molecular weight is 246 g/mol. The first-order valence-corrected chi connectivity index (χ1v) is 5.15. The van der Waals surface area contributed by atoms with Crippen LogP contribution in [0.25, 0.3) is 11.1 Å². The molecule has 0 saturated carbocycles. The molecule has 0 radical (unpaired) electrons. The van der Waals surface area contributed by atoms with Crippen molar-refractivity contribution in [3.05, 3.63) is 54.6 Å². The van der Waals surface area contributed by atoms with Crippen LogP contribution in [0, 0.1) is 0 Å². The van der Waals surface area contributed by atoms with Crippen molar-refractivity contribution in [2.24, 2.45) is 3.96 Å². The first-order valence-electron chi connectivity index (χ1n) is 4.39. The summed E-state index contributed by atoms with van der Waals surface area (Å²) in [4.78, 5) is 0. The van der Waals surface area contributed by atoms with Gasteiger partial charge in [-0.15, -0.1) is 0 Å². The van der Waals surface area contributed by atoms with Crippen LogP contribution in [0.4, 0.5) is 5.69 Å². The Morgan fingerprint density at radius 3 is 1.86 bits per heavy atom. The molecule has 0 spiro atoms. The zero-order chi connectivity index (χ0) is 9.80. The summed E-state index contributed by atoms with van der Waals surface area (Å²) in [5.74, 6) is 0. The van der Waals surface area contributed by atoms with Crippen molar-refractivity contribution >= 4 is 21.5 Å². The summed E-state index contributed by atoms with van der Waals surface area (Å²) < 4.78 is 3.98. The van der Waals surface area contributed by atoms with Gasteiger partial charge in [-0.3, -0.25) is 0 Å². The van der Waals surface area contributed by atoms with Crippen molar-refractivity contribution in [3.8, 4) is 11.1 Å². The van der Waals surface area contributed by atoms with Gasteiger partial charge in [0.2, 0.25) is 0 Å². The van der Waals surface area contributed by atoms with Crippen LogP contribution < -0.4 is 0 Å². The molecule has 0 aliphatic heterocycles. The van der Waals surface area contributed by atoms with E-state index in [1.165, 1.54) is 11.1 Å². The SMILES string of the molecule is [Se]=Nc1ccc(-c2ccccc2)cc1. The molecule has 0 aromatic heterocycles. The zero-order valence-electron chi connectivity index (χ0n) is 7.55. The van der Waals surface area contributed by atoms with Crippen LogP contribution in [-0.2, 0) is 0 Å². The molecule has 0 heterocycles. The van der Waals surface area contributed by atoms with Gasteiger partial charge in [0.1, 0.15) is 0 Å². The van der Waals surface area contributed by atoms with Crippen LogP contribution in [0.5, 0.6) is 0 Å². The Hall–Kier alpha value is -1.24. The maximum absolute atomic E-state index is 3.98. The van der Waals surface area contributed by atoms with E-state index >= 15 is 0 Å². The Bertz CT molecular complexity index is 420. The third-order valence-electron chi connectivity index (χ3n) is 2.08. The van der Waals surface area contributed by atoms with Gasteiger partial charge in [0, 0.05) is 0 Å². The van der Waals surface area contributed by atoms with Gasteiger partial charge in [0.15, 0.2) is 0 Å². The molecule has 0 aliphatic rings. The Labute approximate surface area is 91.4 Å². The average Bonchev–Trinajstić information content (AvgIpc) is 2.30. The number of rotatable bonds is 2. The number of benzene rings is 2. The van der Waals surface area contributed by atoms with Crippen molar-refractivity contribution < 1.29 is 0 Å². The minimum absolute atomic E-state index is 0.963. The van der Waals surface area contributed by atoms with E-state index in [9.17, 15) is 0 Å². The van der Waals surface area contributed by atoms with E-state index in [1.54, 1.807) is 0 Å². The summed E-state index contributed by atoms with van der Waals surface area (Å²) in [7, 11) is 0. The van der Waals surface area contributed by atoms with Crippen molar-refractivity contribution in [1.29, 1.82) is 0 Å². The van der Waals surface area contributed by atoms with Crippen molar-refractivity contribution in [1.82, 2.24) is 0 Å². The summed E-state index contributed by atoms with van der Waals surface area (Å²) in [5, 5.41) is 0. The standard InChI is InChI=1S/C12H9NSe/c14-13-12-8-6-11(7-9-12)10-4-2-1-3-5-10/h1-9H. The van der Waals surface area contributed by atoms with E-state index in [2.05, 4.69) is 44.0 Å². The molecule has 0 saturated heterocycles. The molecule has 1 nitrogen and oxygen atoms in total. The van der Waals surface area contributed by atoms with Gasteiger partial charge >= 0.3 is 91.2 Å². The second kappa shape index (κ2) is 4.32. The fraction of sp³-hybridized carbons (Fsp3) is 0. The third-order valence-corrected chi connectivity index (χ3v) is 2.52. The fourth-order valence-corrected chi connectivity index (χ4v) is 1.60. The molecule has 0 unspecified atom stereocenters. The Kier molecular flexibility index (Phi) is 2.87. The first-order chi connectivity index (χ1) is 6.90. The Morgan fingerprint density at radius 1 is 0.714 bits per heavy atom. The molecular weight excluding hydrogens is 237 g/mol. The predicted molar refractivity (Wildman–Crippen MR) is 59.7 cm³/mol. The molecule has 68 valence electrons. The molecule has 0 fully saturated rings. The third kappa shape index (κ3) is 1.98. The van der Waals surface area contributed by atoms with Crippen LogP contribution in [0.2, 0.25) is 0 Å². The van der Waals surface area contributed by atoms with Crippen LogP contribution >= 0.6 is 0 Å². The molecule has 2 heteroatoms. The second-order valence-electron chi connectivity index (χ2n) is 3.00. The predicted octanol–water partition coefficient (Wildman–Crippen LogP) is 3.34.